The molecule has 106 valence electrons. The minimum absolute atomic E-state index is 0.0626. The maximum absolute atomic E-state index is 12.2. The molecule has 1 aliphatic heterocycles. The molecule has 0 saturated carbocycles. The summed E-state index contributed by atoms with van der Waals surface area (Å²) in [6.07, 6.45) is 0. The van der Waals surface area contributed by atoms with E-state index in [2.05, 4.69) is 10.1 Å². The molecule has 0 unspecified atom stereocenters. The zero-order valence-electron chi connectivity index (χ0n) is 10.7. The predicted molar refractivity (Wildman–Crippen MR) is 65.7 cm³/mol. The highest BCUT2D eigenvalue weighted by Crippen LogP contribution is 2.29. The van der Waals surface area contributed by atoms with Gasteiger partial charge in [-0.15, -0.1) is 0 Å². The third-order valence-corrected chi connectivity index (χ3v) is 2.76. The topological polar surface area (TPSA) is 39.7 Å². The molecule has 1 N–H and O–H groups in total. The van der Waals surface area contributed by atoms with Gasteiger partial charge in [-0.25, -0.2) is 0 Å². The smallest absolute Gasteiger partial charge is 0.387 e. The van der Waals surface area contributed by atoms with Gasteiger partial charge in [-0.05, 0) is 24.6 Å². The van der Waals surface area contributed by atoms with Crippen molar-refractivity contribution in [2.45, 2.75) is 26.1 Å². The quantitative estimate of drug-likeness (QED) is 0.826. The van der Waals surface area contributed by atoms with Crippen LogP contribution in [-0.4, -0.2) is 32.5 Å². The van der Waals surface area contributed by atoms with E-state index >= 15 is 0 Å². The molecule has 0 atom stereocenters. The lowest BCUT2D eigenvalue weighted by Gasteiger charge is -2.27. The minimum Gasteiger partial charge on any atom is -0.490 e. The molecule has 1 saturated heterocycles. The molecule has 0 bridgehead atoms. The number of rotatable bonds is 7. The molecular weight excluding hydrogens is 256 g/mol. The Morgan fingerprint density at radius 1 is 1.37 bits per heavy atom. The van der Waals surface area contributed by atoms with Gasteiger partial charge >= 0.3 is 6.61 Å². The fraction of sp³-hybridized carbons (Fsp3) is 0.538. The first kappa shape index (κ1) is 14.0. The van der Waals surface area contributed by atoms with Gasteiger partial charge in [0.25, 0.3) is 0 Å². The Morgan fingerprint density at radius 2 is 2.16 bits per heavy atom. The summed E-state index contributed by atoms with van der Waals surface area (Å²) in [6, 6.07) is 5.33. The molecular formula is C13H17F2NO3. The number of benzene rings is 1. The minimum atomic E-state index is -2.85. The van der Waals surface area contributed by atoms with E-state index in [1.54, 1.807) is 19.1 Å². The third kappa shape index (κ3) is 4.04. The van der Waals surface area contributed by atoms with Crippen molar-refractivity contribution in [2.24, 2.45) is 0 Å². The highest BCUT2D eigenvalue weighted by atomic mass is 19.3. The molecule has 2 rings (SSSR count). The van der Waals surface area contributed by atoms with Crippen LogP contribution in [-0.2, 0) is 11.3 Å². The molecule has 0 radical (unpaired) electrons. The summed E-state index contributed by atoms with van der Waals surface area (Å²) in [5.41, 5.74) is 0.956. The molecule has 0 aromatic heterocycles. The summed E-state index contributed by atoms with van der Waals surface area (Å²) < 4.78 is 39.3. The Balaban J connectivity index is 2.01. The molecule has 1 heterocycles. The van der Waals surface area contributed by atoms with Gasteiger partial charge in [0.05, 0.1) is 25.9 Å². The van der Waals surface area contributed by atoms with Crippen LogP contribution >= 0.6 is 0 Å². The van der Waals surface area contributed by atoms with Crippen molar-refractivity contribution < 1.29 is 23.0 Å². The fourth-order valence-corrected chi connectivity index (χ4v) is 1.74. The van der Waals surface area contributed by atoms with Crippen LogP contribution in [0.25, 0.3) is 0 Å². The number of nitrogens with one attached hydrogen (secondary N) is 1. The van der Waals surface area contributed by atoms with Gasteiger partial charge in [0.15, 0.2) is 11.5 Å². The Morgan fingerprint density at radius 3 is 2.74 bits per heavy atom. The lowest BCUT2D eigenvalue weighted by atomic mass is 10.1. The fourth-order valence-electron chi connectivity index (χ4n) is 1.74. The molecule has 1 aromatic carbocycles. The van der Waals surface area contributed by atoms with Crippen molar-refractivity contribution in [3.05, 3.63) is 23.8 Å². The van der Waals surface area contributed by atoms with Crippen molar-refractivity contribution >= 4 is 0 Å². The molecule has 19 heavy (non-hydrogen) atoms. The third-order valence-electron chi connectivity index (χ3n) is 2.76. The molecule has 0 amide bonds. The summed E-state index contributed by atoms with van der Waals surface area (Å²) in [5.74, 6) is 0.402. The van der Waals surface area contributed by atoms with Gasteiger partial charge in [-0.2, -0.15) is 8.78 Å². The number of hydrogen-bond donors (Lipinski definition) is 1. The molecule has 1 aliphatic rings. The van der Waals surface area contributed by atoms with E-state index in [-0.39, 0.29) is 5.75 Å². The van der Waals surface area contributed by atoms with Crippen LogP contribution in [0.2, 0.25) is 0 Å². The Bertz CT molecular complexity index is 411. The van der Waals surface area contributed by atoms with Crippen molar-refractivity contribution in [1.29, 1.82) is 0 Å². The first-order chi connectivity index (χ1) is 9.19. The van der Waals surface area contributed by atoms with E-state index in [4.69, 9.17) is 9.47 Å². The lowest BCUT2D eigenvalue weighted by Crippen LogP contribution is -2.45. The average Bonchev–Trinajstić information content (AvgIpc) is 2.30. The Hall–Kier alpha value is -1.40. The average molecular weight is 273 g/mol. The monoisotopic (exact) mass is 273 g/mol. The van der Waals surface area contributed by atoms with Gasteiger partial charge in [-0.3, -0.25) is 0 Å². The second-order valence-electron chi connectivity index (χ2n) is 4.21. The normalized spacial score (nSPS) is 15.4. The standard InChI is InChI=1S/C13H17F2NO3/c1-2-18-12-5-9(6-16-10-7-17-8-10)3-4-11(12)19-13(14)15/h3-5,10,13,16H,2,6-8H2,1H3. The first-order valence-corrected chi connectivity index (χ1v) is 6.20. The Labute approximate surface area is 110 Å². The van der Waals surface area contributed by atoms with Crippen LogP contribution in [0.3, 0.4) is 0 Å². The maximum Gasteiger partial charge on any atom is 0.387 e. The molecule has 0 spiro atoms. The van der Waals surface area contributed by atoms with E-state index in [1.807, 2.05) is 0 Å². The summed E-state index contributed by atoms with van der Waals surface area (Å²) in [6.45, 7) is 1.41. The molecule has 4 nitrogen and oxygen atoms in total. The van der Waals surface area contributed by atoms with Gasteiger partial charge in [0.1, 0.15) is 0 Å². The largest absolute Gasteiger partial charge is 0.490 e. The number of alkyl halides is 2. The first-order valence-electron chi connectivity index (χ1n) is 6.20. The molecule has 6 heteroatoms. The zero-order chi connectivity index (χ0) is 13.7. The van der Waals surface area contributed by atoms with Crippen LogP contribution in [0.4, 0.5) is 8.78 Å². The van der Waals surface area contributed by atoms with Crippen molar-refractivity contribution in [1.82, 2.24) is 5.32 Å². The summed E-state index contributed by atoms with van der Waals surface area (Å²) in [4.78, 5) is 0. The number of ether oxygens (including phenoxy) is 3. The molecule has 0 aliphatic carbocycles. The van der Waals surface area contributed by atoms with E-state index < -0.39 is 6.61 Å². The highest BCUT2D eigenvalue weighted by Gasteiger charge is 2.17. The van der Waals surface area contributed by atoms with E-state index in [1.165, 1.54) is 6.07 Å². The van der Waals surface area contributed by atoms with Gasteiger partial charge in [-0.1, -0.05) is 6.07 Å². The van der Waals surface area contributed by atoms with Crippen LogP contribution < -0.4 is 14.8 Å². The van der Waals surface area contributed by atoms with Crippen molar-refractivity contribution in [2.75, 3.05) is 19.8 Å². The van der Waals surface area contributed by atoms with Crippen LogP contribution in [0.1, 0.15) is 12.5 Å². The summed E-state index contributed by atoms with van der Waals surface area (Å²) in [7, 11) is 0. The molecule has 1 aromatic rings. The van der Waals surface area contributed by atoms with Crippen LogP contribution in [0.5, 0.6) is 11.5 Å². The van der Waals surface area contributed by atoms with Crippen molar-refractivity contribution in [3.63, 3.8) is 0 Å². The highest BCUT2D eigenvalue weighted by molar-refractivity contribution is 5.43. The lowest BCUT2D eigenvalue weighted by molar-refractivity contribution is -0.0514. The van der Waals surface area contributed by atoms with Gasteiger partial charge in [0, 0.05) is 6.54 Å². The van der Waals surface area contributed by atoms with E-state index in [9.17, 15) is 8.78 Å². The van der Waals surface area contributed by atoms with Gasteiger partial charge < -0.3 is 19.5 Å². The zero-order valence-corrected chi connectivity index (χ0v) is 10.7. The van der Waals surface area contributed by atoms with Crippen LogP contribution in [0, 0.1) is 0 Å². The second kappa shape index (κ2) is 6.68. The number of hydrogen-bond acceptors (Lipinski definition) is 4. The van der Waals surface area contributed by atoms with E-state index in [0.717, 1.165) is 5.56 Å². The maximum atomic E-state index is 12.2. The van der Waals surface area contributed by atoms with Crippen molar-refractivity contribution in [3.8, 4) is 11.5 Å². The van der Waals surface area contributed by atoms with Gasteiger partial charge in [0.2, 0.25) is 0 Å². The molecule has 1 fully saturated rings. The number of halogens is 2. The second-order valence-corrected chi connectivity index (χ2v) is 4.21. The van der Waals surface area contributed by atoms with Crippen LogP contribution in [0.15, 0.2) is 18.2 Å². The SMILES string of the molecule is CCOc1cc(CNC2COC2)ccc1OC(F)F. The van der Waals surface area contributed by atoms with E-state index in [0.29, 0.717) is 38.2 Å². The Kier molecular flexibility index (Phi) is 4.93. The summed E-state index contributed by atoms with van der Waals surface area (Å²) in [5, 5.41) is 3.30. The predicted octanol–water partition coefficient (Wildman–Crippen LogP) is 2.18. The summed E-state index contributed by atoms with van der Waals surface area (Å²) >= 11 is 0.